The topological polar surface area (TPSA) is 81.6 Å². The highest BCUT2D eigenvalue weighted by Gasteiger charge is 2.14. The Kier molecular flexibility index (Phi) is 4.78. The number of amides is 1. The highest BCUT2D eigenvalue weighted by molar-refractivity contribution is 5.75. The van der Waals surface area contributed by atoms with Crippen LogP contribution in [-0.2, 0) is 4.79 Å². The number of carbonyl (C=O) groups is 1. The van der Waals surface area contributed by atoms with Gasteiger partial charge in [0.15, 0.2) is 0 Å². The molecule has 0 spiro atoms. The van der Waals surface area contributed by atoms with Gasteiger partial charge in [0.05, 0.1) is 5.56 Å². The number of rotatable bonds is 5. The van der Waals surface area contributed by atoms with E-state index in [-0.39, 0.29) is 23.4 Å². The smallest absolute Gasteiger partial charge is 0.221 e. The van der Waals surface area contributed by atoms with Crippen molar-refractivity contribution in [3.63, 3.8) is 0 Å². The standard InChI is InChI=1S/C12H18N2O3/c1-8(14-7-6-11(17)13-2)12-9(15)4-3-5-10(12)16/h3-5,8,14-16H,6-7H2,1-2H3,(H,13,17). The SMILES string of the molecule is CNC(=O)CCNC(C)c1c(O)cccc1O. The van der Waals surface area contributed by atoms with Crippen LogP contribution in [0.3, 0.4) is 0 Å². The molecule has 94 valence electrons. The minimum atomic E-state index is -0.221. The lowest BCUT2D eigenvalue weighted by Gasteiger charge is -2.16. The van der Waals surface area contributed by atoms with Gasteiger partial charge in [0, 0.05) is 26.1 Å². The van der Waals surface area contributed by atoms with E-state index >= 15 is 0 Å². The zero-order valence-corrected chi connectivity index (χ0v) is 10.0. The van der Waals surface area contributed by atoms with Crippen LogP contribution in [0.1, 0.15) is 24.9 Å². The molecule has 4 N–H and O–H groups in total. The largest absolute Gasteiger partial charge is 0.507 e. The summed E-state index contributed by atoms with van der Waals surface area (Å²) in [5, 5.41) is 24.9. The molecule has 1 amide bonds. The third kappa shape index (κ3) is 3.64. The van der Waals surface area contributed by atoms with E-state index in [0.717, 1.165) is 0 Å². The van der Waals surface area contributed by atoms with E-state index in [9.17, 15) is 15.0 Å². The second-order valence-corrected chi connectivity index (χ2v) is 3.81. The molecule has 0 aromatic heterocycles. The van der Waals surface area contributed by atoms with E-state index in [0.29, 0.717) is 18.5 Å². The Hall–Kier alpha value is -1.75. The normalized spacial score (nSPS) is 12.1. The third-order valence-corrected chi connectivity index (χ3v) is 2.57. The summed E-state index contributed by atoms with van der Waals surface area (Å²) in [6, 6.07) is 4.39. The Morgan fingerprint density at radius 1 is 1.35 bits per heavy atom. The fourth-order valence-electron chi connectivity index (χ4n) is 1.61. The predicted molar refractivity (Wildman–Crippen MR) is 64.9 cm³/mol. The van der Waals surface area contributed by atoms with Gasteiger partial charge in [-0.3, -0.25) is 4.79 Å². The van der Waals surface area contributed by atoms with Crippen molar-refractivity contribution in [2.45, 2.75) is 19.4 Å². The van der Waals surface area contributed by atoms with Gasteiger partial charge in [0.2, 0.25) is 5.91 Å². The molecule has 0 heterocycles. The molecule has 0 radical (unpaired) electrons. The highest BCUT2D eigenvalue weighted by Crippen LogP contribution is 2.31. The molecule has 0 aliphatic rings. The van der Waals surface area contributed by atoms with Gasteiger partial charge in [0.25, 0.3) is 0 Å². The van der Waals surface area contributed by atoms with Crippen LogP contribution in [0, 0.1) is 0 Å². The molecular weight excluding hydrogens is 220 g/mol. The molecule has 1 aromatic carbocycles. The number of nitrogens with one attached hydrogen (secondary N) is 2. The van der Waals surface area contributed by atoms with Crippen LogP contribution in [0.4, 0.5) is 0 Å². The van der Waals surface area contributed by atoms with E-state index in [1.165, 1.54) is 12.1 Å². The van der Waals surface area contributed by atoms with Gasteiger partial charge < -0.3 is 20.8 Å². The van der Waals surface area contributed by atoms with Crippen molar-refractivity contribution < 1.29 is 15.0 Å². The molecule has 0 saturated carbocycles. The minimum Gasteiger partial charge on any atom is -0.507 e. The highest BCUT2D eigenvalue weighted by atomic mass is 16.3. The maximum absolute atomic E-state index is 11.0. The van der Waals surface area contributed by atoms with Crippen molar-refractivity contribution in [3.05, 3.63) is 23.8 Å². The van der Waals surface area contributed by atoms with Crippen LogP contribution >= 0.6 is 0 Å². The summed E-state index contributed by atoms with van der Waals surface area (Å²) in [6.07, 6.45) is 0.356. The van der Waals surface area contributed by atoms with Crippen LogP contribution < -0.4 is 10.6 Å². The quantitative estimate of drug-likeness (QED) is 0.614. The lowest BCUT2D eigenvalue weighted by molar-refractivity contribution is -0.120. The Labute approximate surface area is 100 Å². The number of carbonyl (C=O) groups excluding carboxylic acids is 1. The average molecular weight is 238 g/mol. The summed E-state index contributed by atoms with van der Waals surface area (Å²) in [7, 11) is 1.58. The van der Waals surface area contributed by atoms with Gasteiger partial charge in [-0.15, -0.1) is 0 Å². The van der Waals surface area contributed by atoms with Gasteiger partial charge in [-0.25, -0.2) is 0 Å². The van der Waals surface area contributed by atoms with Crippen LogP contribution in [0.25, 0.3) is 0 Å². The molecule has 5 nitrogen and oxygen atoms in total. The molecule has 1 atom stereocenters. The zero-order valence-electron chi connectivity index (χ0n) is 10.0. The van der Waals surface area contributed by atoms with Gasteiger partial charge in [-0.05, 0) is 19.1 Å². The van der Waals surface area contributed by atoms with E-state index in [2.05, 4.69) is 10.6 Å². The molecule has 17 heavy (non-hydrogen) atoms. The zero-order chi connectivity index (χ0) is 12.8. The number of hydrogen-bond acceptors (Lipinski definition) is 4. The van der Waals surface area contributed by atoms with Crippen LogP contribution in [0.15, 0.2) is 18.2 Å². The van der Waals surface area contributed by atoms with Crippen molar-refractivity contribution in [2.75, 3.05) is 13.6 Å². The monoisotopic (exact) mass is 238 g/mol. The minimum absolute atomic E-state index is 0.0462. The molecule has 1 rings (SSSR count). The van der Waals surface area contributed by atoms with E-state index in [1.54, 1.807) is 13.1 Å². The van der Waals surface area contributed by atoms with E-state index in [1.807, 2.05) is 6.92 Å². The molecule has 0 aliphatic heterocycles. The molecular formula is C12H18N2O3. The first-order valence-corrected chi connectivity index (χ1v) is 5.51. The third-order valence-electron chi connectivity index (χ3n) is 2.57. The summed E-state index contributed by atoms with van der Waals surface area (Å²) >= 11 is 0. The Bertz CT molecular complexity index is 373. The maximum atomic E-state index is 11.0. The van der Waals surface area contributed by atoms with Crippen LogP contribution in [0.2, 0.25) is 0 Å². The molecule has 1 aromatic rings. The van der Waals surface area contributed by atoms with Crippen molar-refractivity contribution in [3.8, 4) is 11.5 Å². The number of hydrogen-bond donors (Lipinski definition) is 4. The first-order valence-electron chi connectivity index (χ1n) is 5.51. The van der Waals surface area contributed by atoms with Gasteiger partial charge >= 0.3 is 0 Å². The van der Waals surface area contributed by atoms with Crippen LogP contribution in [-0.4, -0.2) is 29.7 Å². The lowest BCUT2D eigenvalue weighted by atomic mass is 10.1. The van der Waals surface area contributed by atoms with Gasteiger partial charge in [0.1, 0.15) is 11.5 Å². The summed E-state index contributed by atoms with van der Waals surface area (Å²) in [5.41, 5.74) is 0.449. The maximum Gasteiger partial charge on any atom is 0.221 e. The summed E-state index contributed by atoms with van der Waals surface area (Å²) in [5.74, 6) is 0.0427. The first-order chi connectivity index (χ1) is 8.06. The summed E-state index contributed by atoms with van der Waals surface area (Å²) in [4.78, 5) is 11.0. The van der Waals surface area contributed by atoms with Crippen molar-refractivity contribution in [1.29, 1.82) is 0 Å². The second kappa shape index (κ2) is 6.10. The Balaban J connectivity index is 2.58. The summed E-state index contributed by atoms with van der Waals surface area (Å²) in [6.45, 7) is 2.30. The fourth-order valence-corrected chi connectivity index (χ4v) is 1.61. The fraction of sp³-hybridized carbons (Fsp3) is 0.417. The molecule has 0 saturated heterocycles. The lowest BCUT2D eigenvalue weighted by Crippen LogP contribution is -2.26. The van der Waals surface area contributed by atoms with Gasteiger partial charge in [-0.2, -0.15) is 0 Å². The number of aromatic hydroxyl groups is 2. The Morgan fingerprint density at radius 2 is 1.94 bits per heavy atom. The first kappa shape index (κ1) is 13.3. The number of phenolic OH excluding ortho intramolecular Hbond substituents is 2. The molecule has 0 bridgehead atoms. The predicted octanol–water partition coefficient (Wildman–Crippen LogP) is 0.884. The van der Waals surface area contributed by atoms with Crippen molar-refractivity contribution in [2.24, 2.45) is 0 Å². The van der Waals surface area contributed by atoms with Crippen molar-refractivity contribution in [1.82, 2.24) is 10.6 Å². The van der Waals surface area contributed by atoms with Crippen LogP contribution in [0.5, 0.6) is 11.5 Å². The molecule has 5 heteroatoms. The number of benzene rings is 1. The molecule has 1 unspecified atom stereocenters. The average Bonchev–Trinajstić information content (AvgIpc) is 2.28. The van der Waals surface area contributed by atoms with Crippen molar-refractivity contribution >= 4 is 5.91 Å². The van der Waals surface area contributed by atoms with E-state index in [4.69, 9.17) is 0 Å². The second-order valence-electron chi connectivity index (χ2n) is 3.81. The molecule has 0 fully saturated rings. The Morgan fingerprint density at radius 3 is 2.47 bits per heavy atom. The number of phenols is 2. The summed E-state index contributed by atoms with van der Waals surface area (Å²) < 4.78 is 0. The van der Waals surface area contributed by atoms with Gasteiger partial charge in [-0.1, -0.05) is 6.07 Å². The molecule has 0 aliphatic carbocycles. The van der Waals surface area contributed by atoms with E-state index < -0.39 is 0 Å².